The van der Waals surface area contributed by atoms with Gasteiger partial charge in [-0.3, -0.25) is 4.79 Å². The van der Waals surface area contributed by atoms with Gasteiger partial charge in [-0.05, 0) is 24.2 Å². The van der Waals surface area contributed by atoms with E-state index >= 15 is 0 Å². The number of thiazole rings is 1. The highest BCUT2D eigenvalue weighted by molar-refractivity contribution is 7.09. The third kappa shape index (κ3) is 5.52. The minimum atomic E-state index is -0.174. The fourth-order valence-electron chi connectivity index (χ4n) is 2.53. The number of benzene rings is 1. The number of carbonyl (C=O) groups is 1. The maximum absolute atomic E-state index is 12.4. The Hall–Kier alpha value is -1.93. The molecular formula is C18H23Cl2N5OS. The van der Waals surface area contributed by atoms with Crippen LogP contribution in [-0.4, -0.2) is 36.5 Å². The number of halogens is 2. The molecule has 1 amide bonds. The van der Waals surface area contributed by atoms with Crippen LogP contribution < -0.4 is 16.0 Å². The Labute approximate surface area is 175 Å². The van der Waals surface area contributed by atoms with Crippen LogP contribution in [0.2, 0.25) is 0 Å². The molecule has 0 unspecified atom stereocenters. The molecule has 0 spiro atoms. The number of amides is 1. The zero-order valence-electron chi connectivity index (χ0n) is 15.1. The van der Waals surface area contributed by atoms with Crippen LogP contribution in [0.25, 0.3) is 10.9 Å². The number of fused-ring (bicyclic) bond motifs is 1. The lowest BCUT2D eigenvalue weighted by atomic mass is 10.1. The van der Waals surface area contributed by atoms with Gasteiger partial charge in [0.05, 0.1) is 10.5 Å². The Balaban J connectivity index is 0.00000182. The average molecular weight is 428 g/mol. The predicted octanol–water partition coefficient (Wildman–Crippen LogP) is 3.03. The summed E-state index contributed by atoms with van der Waals surface area (Å²) in [5.41, 5.74) is 7.91. The van der Waals surface area contributed by atoms with Crippen molar-refractivity contribution < 1.29 is 4.79 Å². The Bertz CT molecular complexity index is 900. The molecule has 146 valence electrons. The van der Waals surface area contributed by atoms with Gasteiger partial charge in [-0.1, -0.05) is 18.2 Å². The van der Waals surface area contributed by atoms with Crippen molar-refractivity contribution in [1.29, 1.82) is 0 Å². The van der Waals surface area contributed by atoms with Crippen LogP contribution in [0.5, 0.6) is 0 Å². The van der Waals surface area contributed by atoms with Crippen molar-refractivity contribution in [3.05, 3.63) is 52.0 Å². The first-order valence-electron chi connectivity index (χ1n) is 8.07. The Kier molecular flexibility index (Phi) is 8.92. The topological polar surface area (TPSA) is 84.1 Å². The number of nitrogens with two attached hydrogens (primary N) is 1. The second-order valence-electron chi connectivity index (χ2n) is 5.90. The lowest BCUT2D eigenvalue weighted by Crippen LogP contribution is -2.23. The molecule has 3 rings (SSSR count). The summed E-state index contributed by atoms with van der Waals surface area (Å²) in [7, 11) is 3.90. The molecule has 0 radical (unpaired) electrons. The number of nitrogens with one attached hydrogen (secondary N) is 1. The molecule has 27 heavy (non-hydrogen) atoms. The van der Waals surface area contributed by atoms with Crippen LogP contribution in [0.3, 0.4) is 0 Å². The number of carbonyl (C=O) groups excluding carboxylic acids is 1. The highest BCUT2D eigenvalue weighted by Crippen LogP contribution is 2.22. The smallest absolute Gasteiger partial charge is 0.271 e. The number of aromatic nitrogens is 2. The van der Waals surface area contributed by atoms with Gasteiger partial charge in [-0.25, -0.2) is 9.97 Å². The maximum Gasteiger partial charge on any atom is 0.271 e. The second-order valence-corrected chi connectivity index (χ2v) is 6.84. The summed E-state index contributed by atoms with van der Waals surface area (Å²) >= 11 is 1.46. The monoisotopic (exact) mass is 427 g/mol. The van der Waals surface area contributed by atoms with Crippen molar-refractivity contribution in [2.45, 2.75) is 13.0 Å². The summed E-state index contributed by atoms with van der Waals surface area (Å²) in [6, 6.07) is 9.94. The van der Waals surface area contributed by atoms with Crippen LogP contribution >= 0.6 is 36.2 Å². The Morgan fingerprint density at radius 3 is 2.67 bits per heavy atom. The standard InChI is InChI=1S/C18H21N5OS.2ClH/c1-23(2)16-9-12(13-5-3-4-6-14(13)21-16)10-20-18(24)15-11-25-17(22-15)7-8-19;;/h3-6,9,11H,7-8,10,19H2,1-2H3,(H,20,24);2*1H. The maximum atomic E-state index is 12.4. The van der Waals surface area contributed by atoms with Crippen LogP contribution in [-0.2, 0) is 13.0 Å². The van der Waals surface area contributed by atoms with Gasteiger partial charge in [0.25, 0.3) is 5.91 Å². The summed E-state index contributed by atoms with van der Waals surface area (Å²) in [5, 5.41) is 6.65. The summed E-state index contributed by atoms with van der Waals surface area (Å²) in [5.74, 6) is 0.689. The van der Waals surface area contributed by atoms with Gasteiger partial charge in [0.1, 0.15) is 11.5 Å². The molecule has 0 fully saturated rings. The van der Waals surface area contributed by atoms with Crippen LogP contribution in [0.1, 0.15) is 21.1 Å². The van der Waals surface area contributed by atoms with Crippen LogP contribution in [0.4, 0.5) is 5.82 Å². The molecule has 1 aromatic carbocycles. The first-order chi connectivity index (χ1) is 12.1. The second kappa shape index (κ2) is 10.4. The molecule has 0 saturated heterocycles. The van der Waals surface area contributed by atoms with Crippen molar-refractivity contribution >= 4 is 58.8 Å². The fourth-order valence-corrected chi connectivity index (χ4v) is 3.32. The average Bonchev–Trinajstić information content (AvgIpc) is 3.08. The molecule has 0 atom stereocenters. The number of hydrogen-bond acceptors (Lipinski definition) is 6. The van der Waals surface area contributed by atoms with E-state index in [4.69, 9.17) is 5.73 Å². The van der Waals surface area contributed by atoms with Gasteiger partial charge in [0.15, 0.2) is 0 Å². The Morgan fingerprint density at radius 1 is 1.22 bits per heavy atom. The third-order valence-electron chi connectivity index (χ3n) is 3.83. The number of rotatable bonds is 6. The van der Waals surface area contributed by atoms with E-state index in [-0.39, 0.29) is 30.7 Å². The predicted molar refractivity (Wildman–Crippen MR) is 117 cm³/mol. The van der Waals surface area contributed by atoms with Crippen molar-refractivity contribution in [3.8, 4) is 0 Å². The van der Waals surface area contributed by atoms with E-state index in [1.54, 1.807) is 5.38 Å². The molecule has 3 N–H and O–H groups in total. The number of anilines is 1. The lowest BCUT2D eigenvalue weighted by molar-refractivity contribution is 0.0946. The van der Waals surface area contributed by atoms with Gasteiger partial charge in [-0.15, -0.1) is 36.2 Å². The highest BCUT2D eigenvalue weighted by Gasteiger charge is 2.12. The molecule has 0 bridgehead atoms. The summed E-state index contributed by atoms with van der Waals surface area (Å²) in [6.07, 6.45) is 0.694. The van der Waals surface area contributed by atoms with E-state index in [0.29, 0.717) is 25.2 Å². The lowest BCUT2D eigenvalue weighted by Gasteiger charge is -2.15. The Morgan fingerprint density at radius 2 is 1.96 bits per heavy atom. The highest BCUT2D eigenvalue weighted by atomic mass is 35.5. The molecule has 2 heterocycles. The van der Waals surface area contributed by atoms with E-state index in [9.17, 15) is 4.79 Å². The van der Waals surface area contributed by atoms with E-state index in [2.05, 4.69) is 15.3 Å². The third-order valence-corrected chi connectivity index (χ3v) is 4.74. The zero-order valence-corrected chi connectivity index (χ0v) is 17.6. The van der Waals surface area contributed by atoms with Crippen molar-refractivity contribution in [1.82, 2.24) is 15.3 Å². The number of nitrogens with zero attached hydrogens (tertiary/aromatic N) is 3. The molecule has 0 saturated carbocycles. The molecule has 2 aromatic heterocycles. The van der Waals surface area contributed by atoms with Crippen LogP contribution in [0, 0.1) is 0 Å². The first kappa shape index (κ1) is 23.1. The summed E-state index contributed by atoms with van der Waals surface area (Å²) in [4.78, 5) is 23.3. The van der Waals surface area contributed by atoms with Crippen molar-refractivity contribution in [2.24, 2.45) is 5.73 Å². The van der Waals surface area contributed by atoms with Crippen molar-refractivity contribution in [3.63, 3.8) is 0 Å². The molecule has 6 nitrogen and oxygen atoms in total. The quantitative estimate of drug-likeness (QED) is 0.631. The SMILES string of the molecule is CN(C)c1cc(CNC(=O)c2csc(CCN)n2)c2ccccc2n1.Cl.Cl. The first-order valence-corrected chi connectivity index (χ1v) is 8.95. The minimum Gasteiger partial charge on any atom is -0.363 e. The van der Waals surface area contributed by atoms with Crippen molar-refractivity contribution in [2.75, 3.05) is 25.5 Å². The molecule has 0 aliphatic rings. The van der Waals surface area contributed by atoms with E-state index in [1.165, 1.54) is 11.3 Å². The number of para-hydroxylation sites is 1. The largest absolute Gasteiger partial charge is 0.363 e. The van der Waals surface area contributed by atoms with Gasteiger partial charge < -0.3 is 16.0 Å². The number of hydrogen-bond donors (Lipinski definition) is 2. The fraction of sp³-hybridized carbons (Fsp3) is 0.278. The molecule has 0 aliphatic carbocycles. The summed E-state index contributed by atoms with van der Waals surface area (Å²) in [6.45, 7) is 0.956. The van der Waals surface area contributed by atoms with E-state index in [0.717, 1.165) is 27.3 Å². The minimum absolute atomic E-state index is 0. The molecule has 9 heteroatoms. The molecular weight excluding hydrogens is 405 g/mol. The summed E-state index contributed by atoms with van der Waals surface area (Å²) < 4.78 is 0. The van der Waals surface area contributed by atoms with E-state index in [1.807, 2.05) is 49.3 Å². The van der Waals surface area contributed by atoms with Gasteiger partial charge in [0.2, 0.25) is 0 Å². The zero-order chi connectivity index (χ0) is 17.8. The van der Waals surface area contributed by atoms with Gasteiger partial charge in [0, 0.05) is 37.8 Å². The van der Waals surface area contributed by atoms with Gasteiger partial charge in [-0.2, -0.15) is 0 Å². The number of pyridine rings is 1. The van der Waals surface area contributed by atoms with Crippen LogP contribution in [0.15, 0.2) is 35.7 Å². The van der Waals surface area contributed by atoms with Gasteiger partial charge >= 0.3 is 0 Å². The molecule has 3 aromatic rings. The molecule has 0 aliphatic heterocycles. The van der Waals surface area contributed by atoms with E-state index < -0.39 is 0 Å². The normalized spacial score (nSPS) is 10.0.